The molecule has 134 valence electrons. The lowest BCUT2D eigenvalue weighted by Crippen LogP contribution is -2.20. The van der Waals surface area contributed by atoms with E-state index in [4.69, 9.17) is 14.2 Å². The van der Waals surface area contributed by atoms with E-state index >= 15 is 0 Å². The topological polar surface area (TPSA) is 82.6 Å². The molecule has 0 unspecified atom stereocenters. The van der Waals surface area contributed by atoms with Crippen LogP contribution < -0.4 is 19.5 Å². The number of benzene rings is 2. The van der Waals surface area contributed by atoms with Gasteiger partial charge < -0.3 is 14.2 Å². The summed E-state index contributed by atoms with van der Waals surface area (Å²) in [5, 5.41) is 11.9. The molecule has 26 heavy (non-hydrogen) atoms. The Balaban J connectivity index is 1.55. The molecule has 0 spiro atoms. The van der Waals surface area contributed by atoms with Gasteiger partial charge in [-0.1, -0.05) is 11.3 Å². The van der Waals surface area contributed by atoms with Crippen molar-refractivity contribution in [2.75, 3.05) is 26.1 Å². The number of carbonyl (C=O) groups excluding carboxylic acids is 1. The van der Waals surface area contributed by atoms with Crippen LogP contribution in [0.5, 0.6) is 17.2 Å². The molecule has 2 aromatic carbocycles. The molecule has 0 aliphatic heterocycles. The summed E-state index contributed by atoms with van der Waals surface area (Å²) in [6.45, 7) is -0.121. The van der Waals surface area contributed by atoms with Crippen LogP contribution in [0.25, 0.3) is 10.6 Å². The van der Waals surface area contributed by atoms with E-state index in [1.807, 2.05) is 24.3 Å². The maximum absolute atomic E-state index is 12.0. The van der Waals surface area contributed by atoms with Crippen molar-refractivity contribution in [1.29, 1.82) is 0 Å². The molecule has 1 aromatic heterocycles. The number of carbonyl (C=O) groups is 1. The molecular formula is C18H17N3O4S. The van der Waals surface area contributed by atoms with Crippen molar-refractivity contribution in [2.45, 2.75) is 0 Å². The summed E-state index contributed by atoms with van der Waals surface area (Å²) >= 11 is 1.29. The molecule has 1 amide bonds. The Labute approximate surface area is 154 Å². The second-order valence-corrected chi connectivity index (χ2v) is 6.13. The lowest BCUT2D eigenvalue weighted by atomic mass is 10.2. The highest BCUT2D eigenvalue weighted by Crippen LogP contribution is 2.27. The number of rotatable bonds is 7. The summed E-state index contributed by atoms with van der Waals surface area (Å²) in [4.78, 5) is 12.0. The number of aromatic nitrogens is 2. The highest BCUT2D eigenvalue weighted by Gasteiger charge is 2.10. The molecule has 0 aliphatic rings. The second-order valence-electron chi connectivity index (χ2n) is 5.15. The van der Waals surface area contributed by atoms with Crippen LogP contribution in [0.3, 0.4) is 0 Å². The van der Waals surface area contributed by atoms with Gasteiger partial charge in [0.2, 0.25) is 5.13 Å². The Kier molecular flexibility index (Phi) is 5.65. The monoisotopic (exact) mass is 371 g/mol. The van der Waals surface area contributed by atoms with Gasteiger partial charge in [0.15, 0.2) is 6.61 Å². The summed E-state index contributed by atoms with van der Waals surface area (Å²) in [7, 11) is 3.20. The highest BCUT2D eigenvalue weighted by atomic mass is 32.1. The highest BCUT2D eigenvalue weighted by molar-refractivity contribution is 7.18. The minimum Gasteiger partial charge on any atom is -0.497 e. The minimum absolute atomic E-state index is 0.121. The van der Waals surface area contributed by atoms with Crippen LogP contribution in [0.15, 0.2) is 48.5 Å². The molecule has 1 heterocycles. The third-order valence-electron chi connectivity index (χ3n) is 3.44. The maximum Gasteiger partial charge on any atom is 0.264 e. The van der Waals surface area contributed by atoms with E-state index in [0.29, 0.717) is 15.9 Å². The Bertz CT molecular complexity index is 863. The fraction of sp³-hybridized carbons (Fsp3) is 0.167. The van der Waals surface area contributed by atoms with E-state index in [9.17, 15) is 4.79 Å². The molecule has 3 aromatic rings. The molecule has 0 saturated carbocycles. The molecule has 3 rings (SSSR count). The van der Waals surface area contributed by atoms with Crippen LogP contribution in [0.1, 0.15) is 0 Å². The number of anilines is 1. The van der Waals surface area contributed by atoms with Gasteiger partial charge >= 0.3 is 0 Å². The average Bonchev–Trinajstić information content (AvgIpc) is 3.15. The maximum atomic E-state index is 12.0. The molecule has 1 N–H and O–H groups in total. The zero-order chi connectivity index (χ0) is 18.4. The molecule has 0 radical (unpaired) electrons. The van der Waals surface area contributed by atoms with Gasteiger partial charge in [-0.25, -0.2) is 0 Å². The van der Waals surface area contributed by atoms with Crippen LogP contribution in [-0.4, -0.2) is 36.9 Å². The van der Waals surface area contributed by atoms with E-state index < -0.39 is 0 Å². The van der Waals surface area contributed by atoms with Gasteiger partial charge in [0.05, 0.1) is 14.2 Å². The molecule has 0 atom stereocenters. The van der Waals surface area contributed by atoms with Crippen LogP contribution in [0.2, 0.25) is 0 Å². The quantitative estimate of drug-likeness (QED) is 0.687. The summed E-state index contributed by atoms with van der Waals surface area (Å²) in [5.41, 5.74) is 0.901. The molecular weight excluding hydrogens is 354 g/mol. The zero-order valence-corrected chi connectivity index (χ0v) is 15.1. The minimum atomic E-state index is -0.307. The Morgan fingerprint density at radius 1 is 0.923 bits per heavy atom. The van der Waals surface area contributed by atoms with Gasteiger partial charge in [-0.3, -0.25) is 10.1 Å². The van der Waals surface area contributed by atoms with Crippen molar-refractivity contribution >= 4 is 22.4 Å². The largest absolute Gasteiger partial charge is 0.497 e. The van der Waals surface area contributed by atoms with E-state index in [-0.39, 0.29) is 12.5 Å². The summed E-state index contributed by atoms with van der Waals surface area (Å²) in [6.07, 6.45) is 0. The molecule has 0 aliphatic carbocycles. The van der Waals surface area contributed by atoms with Gasteiger partial charge in [-0.15, -0.1) is 10.2 Å². The number of amides is 1. The van der Waals surface area contributed by atoms with E-state index in [2.05, 4.69) is 15.5 Å². The number of hydrogen-bond donors (Lipinski definition) is 1. The molecule has 7 nitrogen and oxygen atoms in total. The second kappa shape index (κ2) is 8.30. The number of nitrogens with zero attached hydrogens (tertiary/aromatic N) is 2. The molecule has 0 saturated heterocycles. The Morgan fingerprint density at radius 3 is 2.12 bits per heavy atom. The number of hydrogen-bond acceptors (Lipinski definition) is 7. The molecule has 0 bridgehead atoms. The first-order chi connectivity index (χ1) is 12.7. The van der Waals surface area contributed by atoms with Gasteiger partial charge in [0, 0.05) is 5.56 Å². The summed E-state index contributed by atoms with van der Waals surface area (Å²) in [6, 6.07) is 14.5. The van der Waals surface area contributed by atoms with Crippen molar-refractivity contribution in [3.05, 3.63) is 48.5 Å². The van der Waals surface area contributed by atoms with Crippen molar-refractivity contribution in [1.82, 2.24) is 10.2 Å². The van der Waals surface area contributed by atoms with Crippen LogP contribution in [0, 0.1) is 0 Å². The van der Waals surface area contributed by atoms with Crippen LogP contribution in [-0.2, 0) is 4.79 Å². The molecule has 0 fully saturated rings. The predicted molar refractivity (Wildman–Crippen MR) is 99.0 cm³/mol. The zero-order valence-electron chi connectivity index (χ0n) is 14.3. The lowest BCUT2D eigenvalue weighted by molar-refractivity contribution is -0.118. The first-order valence-electron chi connectivity index (χ1n) is 7.72. The third kappa shape index (κ3) is 4.48. The van der Waals surface area contributed by atoms with E-state index in [1.54, 1.807) is 38.5 Å². The number of nitrogens with one attached hydrogen (secondary N) is 1. The lowest BCUT2D eigenvalue weighted by Gasteiger charge is -2.06. The normalized spacial score (nSPS) is 10.2. The van der Waals surface area contributed by atoms with Crippen molar-refractivity contribution < 1.29 is 19.0 Å². The van der Waals surface area contributed by atoms with Gasteiger partial charge in [0.25, 0.3) is 5.91 Å². The van der Waals surface area contributed by atoms with Crippen LogP contribution >= 0.6 is 11.3 Å². The number of methoxy groups -OCH3 is 2. The third-order valence-corrected chi connectivity index (χ3v) is 4.33. The number of ether oxygens (including phenoxy) is 3. The first-order valence-corrected chi connectivity index (χ1v) is 8.54. The van der Waals surface area contributed by atoms with Gasteiger partial charge in [-0.05, 0) is 48.5 Å². The predicted octanol–water partition coefficient (Wildman–Crippen LogP) is 3.24. The van der Waals surface area contributed by atoms with Crippen molar-refractivity contribution in [3.8, 4) is 27.8 Å². The van der Waals surface area contributed by atoms with E-state index in [0.717, 1.165) is 17.1 Å². The average molecular weight is 371 g/mol. The Morgan fingerprint density at radius 2 is 1.50 bits per heavy atom. The molecule has 8 heteroatoms. The standard InChI is InChI=1S/C18H17N3O4S/c1-23-13-5-3-12(4-6-13)17-20-21-18(26-17)19-16(22)11-25-15-9-7-14(24-2)8-10-15/h3-10H,11H2,1-2H3,(H,19,21,22). The van der Waals surface area contributed by atoms with Gasteiger partial charge in [-0.2, -0.15) is 0 Å². The fourth-order valence-electron chi connectivity index (χ4n) is 2.10. The van der Waals surface area contributed by atoms with E-state index in [1.165, 1.54) is 11.3 Å². The first kappa shape index (κ1) is 17.7. The summed E-state index contributed by atoms with van der Waals surface area (Å²) in [5.74, 6) is 1.76. The Hall–Kier alpha value is -3.13. The van der Waals surface area contributed by atoms with Crippen LogP contribution in [0.4, 0.5) is 5.13 Å². The van der Waals surface area contributed by atoms with Crippen molar-refractivity contribution in [3.63, 3.8) is 0 Å². The van der Waals surface area contributed by atoms with Crippen molar-refractivity contribution in [2.24, 2.45) is 0 Å². The van der Waals surface area contributed by atoms with Gasteiger partial charge in [0.1, 0.15) is 22.3 Å². The SMILES string of the molecule is COc1ccc(OCC(=O)Nc2nnc(-c3ccc(OC)cc3)s2)cc1. The summed E-state index contributed by atoms with van der Waals surface area (Å²) < 4.78 is 15.6. The fourth-order valence-corrected chi connectivity index (χ4v) is 2.87. The smallest absolute Gasteiger partial charge is 0.264 e.